The number of hydrogen-bond acceptors (Lipinski definition) is 3. The van der Waals surface area contributed by atoms with Crippen LogP contribution in [0.15, 0.2) is 24.3 Å². The van der Waals surface area contributed by atoms with Gasteiger partial charge >= 0.3 is 5.97 Å². The molecule has 1 fully saturated rings. The van der Waals surface area contributed by atoms with Crippen molar-refractivity contribution < 1.29 is 19.5 Å². The summed E-state index contributed by atoms with van der Waals surface area (Å²) >= 11 is 5.85. The summed E-state index contributed by atoms with van der Waals surface area (Å²) in [5.41, 5.74) is 0.527. The summed E-state index contributed by atoms with van der Waals surface area (Å²) in [5.74, 6) is -1.71. The van der Waals surface area contributed by atoms with Gasteiger partial charge in [0.25, 0.3) is 5.91 Å². The Balaban J connectivity index is 2.00. The topological polar surface area (TPSA) is 86.7 Å². The first-order chi connectivity index (χ1) is 12.3. The van der Waals surface area contributed by atoms with Crippen LogP contribution in [0.3, 0.4) is 0 Å². The van der Waals surface area contributed by atoms with E-state index in [-0.39, 0.29) is 17.7 Å². The molecular formula is C19H25ClN2O4. The number of benzene rings is 1. The number of amides is 2. The third kappa shape index (κ3) is 5.46. The van der Waals surface area contributed by atoms with Crippen LogP contribution in [0.2, 0.25) is 5.02 Å². The fraction of sp³-hybridized carbons (Fsp3) is 0.526. The van der Waals surface area contributed by atoms with Gasteiger partial charge in [0.05, 0.1) is 5.92 Å². The number of aliphatic carboxylic acids is 1. The van der Waals surface area contributed by atoms with Crippen LogP contribution in [0.1, 0.15) is 43.5 Å². The lowest BCUT2D eigenvalue weighted by atomic mass is 9.95. The van der Waals surface area contributed by atoms with Crippen molar-refractivity contribution >= 4 is 29.4 Å². The first-order valence-corrected chi connectivity index (χ1v) is 9.23. The minimum Gasteiger partial charge on any atom is -0.480 e. The van der Waals surface area contributed by atoms with Crippen molar-refractivity contribution in [1.82, 2.24) is 10.2 Å². The second-order valence-corrected chi connectivity index (χ2v) is 7.56. The molecule has 0 bridgehead atoms. The Labute approximate surface area is 158 Å². The standard InChI is InChI=1S/C19H25ClN2O4/c1-12(2)10-16(19(25)26)21-17(23)14-4-3-9-22(11-14)18(24)13-5-7-15(20)8-6-13/h5-8,12,14,16H,3-4,9-11H2,1-2H3,(H,21,23)(H,25,26)/t14?,16-/m1/s1. The number of piperidine rings is 1. The van der Waals surface area contributed by atoms with Crippen LogP contribution in [0.5, 0.6) is 0 Å². The third-order valence-electron chi connectivity index (χ3n) is 4.49. The number of carboxylic acids is 1. The van der Waals surface area contributed by atoms with Crippen molar-refractivity contribution in [1.29, 1.82) is 0 Å². The Hall–Kier alpha value is -2.08. The van der Waals surface area contributed by atoms with Gasteiger partial charge in [-0.3, -0.25) is 9.59 Å². The lowest BCUT2D eigenvalue weighted by Gasteiger charge is -2.32. The highest BCUT2D eigenvalue weighted by Gasteiger charge is 2.31. The van der Waals surface area contributed by atoms with Gasteiger partial charge in [-0.25, -0.2) is 4.79 Å². The van der Waals surface area contributed by atoms with E-state index in [1.165, 1.54) is 0 Å². The molecule has 1 aliphatic heterocycles. The number of carboxylic acid groups (broad SMARTS) is 1. The molecule has 1 saturated heterocycles. The summed E-state index contributed by atoms with van der Waals surface area (Å²) in [7, 11) is 0. The van der Waals surface area contributed by atoms with Crippen molar-refractivity contribution in [2.75, 3.05) is 13.1 Å². The minimum absolute atomic E-state index is 0.142. The maximum absolute atomic E-state index is 12.6. The summed E-state index contributed by atoms with van der Waals surface area (Å²) in [5, 5.41) is 12.5. The van der Waals surface area contributed by atoms with Crippen molar-refractivity contribution in [3.8, 4) is 0 Å². The third-order valence-corrected chi connectivity index (χ3v) is 4.74. The molecule has 1 heterocycles. The quantitative estimate of drug-likeness (QED) is 0.794. The molecule has 0 radical (unpaired) electrons. The smallest absolute Gasteiger partial charge is 0.326 e. The molecule has 2 atom stereocenters. The molecular weight excluding hydrogens is 356 g/mol. The lowest BCUT2D eigenvalue weighted by molar-refractivity contribution is -0.143. The van der Waals surface area contributed by atoms with Crippen molar-refractivity contribution in [3.63, 3.8) is 0 Å². The molecule has 0 spiro atoms. The largest absolute Gasteiger partial charge is 0.480 e. The van der Waals surface area contributed by atoms with Gasteiger partial charge in [-0.15, -0.1) is 0 Å². The maximum Gasteiger partial charge on any atom is 0.326 e. The van der Waals surface area contributed by atoms with E-state index in [4.69, 9.17) is 11.6 Å². The maximum atomic E-state index is 12.6. The zero-order chi connectivity index (χ0) is 19.3. The Morgan fingerprint density at radius 3 is 2.50 bits per heavy atom. The molecule has 1 unspecified atom stereocenters. The second-order valence-electron chi connectivity index (χ2n) is 7.13. The number of likely N-dealkylation sites (tertiary alicyclic amines) is 1. The zero-order valence-electron chi connectivity index (χ0n) is 15.1. The first-order valence-electron chi connectivity index (χ1n) is 8.86. The normalized spacial score (nSPS) is 18.5. The molecule has 2 rings (SSSR count). The number of carbonyl (C=O) groups excluding carboxylic acids is 2. The molecule has 6 nitrogen and oxygen atoms in total. The monoisotopic (exact) mass is 380 g/mol. The molecule has 0 saturated carbocycles. The second kappa shape index (κ2) is 9.03. The SMILES string of the molecule is CC(C)C[C@@H](NC(=O)C1CCCN(C(=O)c2ccc(Cl)cc2)C1)C(=O)O. The van der Waals surface area contributed by atoms with Crippen molar-refractivity contribution in [2.45, 2.75) is 39.2 Å². The van der Waals surface area contributed by atoms with Gasteiger partial charge in [0.15, 0.2) is 0 Å². The van der Waals surface area contributed by atoms with Gasteiger partial charge in [-0.1, -0.05) is 25.4 Å². The van der Waals surface area contributed by atoms with Crippen molar-refractivity contribution in [3.05, 3.63) is 34.9 Å². The Morgan fingerprint density at radius 2 is 1.92 bits per heavy atom. The van der Waals surface area contributed by atoms with Crippen LogP contribution >= 0.6 is 11.6 Å². The van der Waals surface area contributed by atoms with E-state index in [1.807, 2.05) is 13.8 Å². The van der Waals surface area contributed by atoms with E-state index in [0.717, 1.165) is 0 Å². The predicted molar refractivity (Wildman–Crippen MR) is 99.1 cm³/mol. The number of hydrogen-bond donors (Lipinski definition) is 2. The van der Waals surface area contributed by atoms with E-state index < -0.39 is 17.9 Å². The predicted octanol–water partition coefficient (Wildman–Crippen LogP) is 2.81. The Kier molecular flexibility index (Phi) is 7.03. The number of carbonyl (C=O) groups is 3. The average molecular weight is 381 g/mol. The molecule has 2 amide bonds. The number of nitrogens with zero attached hydrogens (tertiary/aromatic N) is 1. The van der Waals surface area contributed by atoms with Gasteiger partial charge < -0.3 is 15.3 Å². The van der Waals surface area contributed by atoms with Crippen LogP contribution in [-0.2, 0) is 9.59 Å². The highest BCUT2D eigenvalue weighted by Crippen LogP contribution is 2.20. The molecule has 0 aromatic heterocycles. The Morgan fingerprint density at radius 1 is 1.27 bits per heavy atom. The van der Waals surface area contributed by atoms with Crippen LogP contribution in [-0.4, -0.2) is 46.9 Å². The van der Waals surface area contributed by atoms with Gasteiger partial charge in [0, 0.05) is 23.7 Å². The molecule has 7 heteroatoms. The molecule has 1 aromatic carbocycles. The average Bonchev–Trinajstić information content (AvgIpc) is 2.60. The molecule has 1 aromatic rings. The highest BCUT2D eigenvalue weighted by molar-refractivity contribution is 6.30. The summed E-state index contributed by atoms with van der Waals surface area (Å²) < 4.78 is 0. The summed E-state index contributed by atoms with van der Waals surface area (Å²) in [6, 6.07) is 5.75. The highest BCUT2D eigenvalue weighted by atomic mass is 35.5. The van der Waals surface area contributed by atoms with Gasteiger partial charge in [-0.05, 0) is 49.4 Å². The first kappa shape index (κ1) is 20.2. The number of nitrogens with one attached hydrogen (secondary N) is 1. The zero-order valence-corrected chi connectivity index (χ0v) is 15.8. The minimum atomic E-state index is -1.03. The van der Waals surface area contributed by atoms with Crippen LogP contribution in [0, 0.1) is 11.8 Å². The van der Waals surface area contributed by atoms with E-state index in [2.05, 4.69) is 5.32 Å². The summed E-state index contributed by atoms with van der Waals surface area (Å²) in [6.45, 7) is 4.70. The summed E-state index contributed by atoms with van der Waals surface area (Å²) in [4.78, 5) is 38.1. The summed E-state index contributed by atoms with van der Waals surface area (Å²) in [6.07, 6.45) is 1.73. The molecule has 0 aliphatic carbocycles. The number of halogens is 1. The molecule has 1 aliphatic rings. The fourth-order valence-electron chi connectivity index (χ4n) is 3.13. The van der Waals surface area contributed by atoms with Crippen molar-refractivity contribution in [2.24, 2.45) is 11.8 Å². The molecule has 2 N–H and O–H groups in total. The fourth-order valence-corrected chi connectivity index (χ4v) is 3.26. The Bertz CT molecular complexity index is 660. The van der Waals surface area contributed by atoms with Gasteiger partial charge in [-0.2, -0.15) is 0 Å². The van der Waals surface area contributed by atoms with Crippen LogP contribution < -0.4 is 5.32 Å². The van der Waals surface area contributed by atoms with E-state index in [1.54, 1.807) is 29.2 Å². The lowest BCUT2D eigenvalue weighted by Crippen LogP contribution is -2.49. The number of rotatable bonds is 6. The van der Waals surface area contributed by atoms with E-state index in [9.17, 15) is 19.5 Å². The van der Waals surface area contributed by atoms with Gasteiger partial charge in [0.2, 0.25) is 5.91 Å². The van der Waals surface area contributed by atoms with E-state index in [0.29, 0.717) is 42.9 Å². The van der Waals surface area contributed by atoms with Crippen LogP contribution in [0.4, 0.5) is 0 Å². The van der Waals surface area contributed by atoms with Crippen LogP contribution in [0.25, 0.3) is 0 Å². The molecule has 142 valence electrons. The van der Waals surface area contributed by atoms with E-state index >= 15 is 0 Å². The molecule has 26 heavy (non-hydrogen) atoms. The van der Waals surface area contributed by atoms with Gasteiger partial charge in [0.1, 0.15) is 6.04 Å².